The van der Waals surface area contributed by atoms with Gasteiger partial charge in [0.05, 0.1) is 5.69 Å². The molecule has 1 atom stereocenters. The van der Waals surface area contributed by atoms with Gasteiger partial charge in [0.1, 0.15) is 9.88 Å². The van der Waals surface area contributed by atoms with Crippen LogP contribution in [0.25, 0.3) is 21.3 Å². The van der Waals surface area contributed by atoms with E-state index >= 15 is 0 Å². The van der Waals surface area contributed by atoms with Crippen molar-refractivity contribution in [2.75, 3.05) is 20.1 Å². The number of benzene rings is 2. The maximum Gasteiger partial charge on any atom is 0.263 e. The summed E-state index contributed by atoms with van der Waals surface area (Å²) in [4.78, 5) is 20.4. The van der Waals surface area contributed by atoms with Crippen LogP contribution >= 0.6 is 11.3 Å². The number of aryl methyl sites for hydroxylation is 1. The second-order valence-electron chi connectivity index (χ2n) is 7.32. The minimum atomic E-state index is -0.00214. The Balaban J connectivity index is 1.46. The van der Waals surface area contributed by atoms with E-state index in [2.05, 4.69) is 52.6 Å². The number of aromatic nitrogens is 1. The fraction of sp³-hybridized carbons (Fsp3) is 0.364. The van der Waals surface area contributed by atoms with E-state index in [4.69, 9.17) is 0 Å². The zero-order valence-corrected chi connectivity index (χ0v) is 16.7. The molecular formula is C22H25N3OS. The third-order valence-corrected chi connectivity index (χ3v) is 6.64. The predicted molar refractivity (Wildman–Crippen MR) is 112 cm³/mol. The van der Waals surface area contributed by atoms with Crippen LogP contribution in [0, 0.1) is 6.92 Å². The first-order valence-corrected chi connectivity index (χ1v) is 10.4. The molecule has 1 aromatic heterocycles. The van der Waals surface area contributed by atoms with Crippen molar-refractivity contribution in [3.8, 4) is 10.6 Å². The summed E-state index contributed by atoms with van der Waals surface area (Å²) in [7, 11) is 2.17. The van der Waals surface area contributed by atoms with Crippen molar-refractivity contribution >= 4 is 28.0 Å². The first-order chi connectivity index (χ1) is 13.1. The van der Waals surface area contributed by atoms with Crippen molar-refractivity contribution in [2.24, 2.45) is 0 Å². The fourth-order valence-electron chi connectivity index (χ4n) is 3.83. The SMILES string of the molecule is Cc1nc(-c2ccc3ccccc3c2)sc1C(=O)NCCC1CCCN1C. The van der Waals surface area contributed by atoms with E-state index < -0.39 is 0 Å². The van der Waals surface area contributed by atoms with Crippen LogP contribution in [0.2, 0.25) is 0 Å². The van der Waals surface area contributed by atoms with Crippen LogP contribution in [-0.2, 0) is 0 Å². The number of hydrogen-bond donors (Lipinski definition) is 1. The Hall–Kier alpha value is -2.24. The largest absolute Gasteiger partial charge is 0.351 e. The number of nitrogens with one attached hydrogen (secondary N) is 1. The van der Waals surface area contributed by atoms with Gasteiger partial charge >= 0.3 is 0 Å². The summed E-state index contributed by atoms with van der Waals surface area (Å²) < 4.78 is 0. The van der Waals surface area contributed by atoms with Gasteiger partial charge in [-0.3, -0.25) is 4.79 Å². The predicted octanol–water partition coefficient (Wildman–Crippen LogP) is 4.49. The minimum Gasteiger partial charge on any atom is -0.351 e. The van der Waals surface area contributed by atoms with Gasteiger partial charge in [-0.2, -0.15) is 0 Å². The number of thiazole rings is 1. The summed E-state index contributed by atoms with van der Waals surface area (Å²) in [6.45, 7) is 3.80. The molecule has 0 spiro atoms. The molecular weight excluding hydrogens is 354 g/mol. The van der Waals surface area contributed by atoms with Crippen LogP contribution < -0.4 is 5.32 Å². The van der Waals surface area contributed by atoms with Crippen LogP contribution in [0.3, 0.4) is 0 Å². The minimum absolute atomic E-state index is 0.00214. The lowest BCUT2D eigenvalue weighted by Gasteiger charge is -2.19. The van der Waals surface area contributed by atoms with Crippen molar-refractivity contribution in [2.45, 2.75) is 32.2 Å². The summed E-state index contributed by atoms with van der Waals surface area (Å²) in [5.41, 5.74) is 1.87. The monoisotopic (exact) mass is 379 g/mol. The quantitative estimate of drug-likeness (QED) is 0.711. The number of hydrogen-bond acceptors (Lipinski definition) is 4. The van der Waals surface area contributed by atoms with Crippen LogP contribution in [0.1, 0.15) is 34.6 Å². The molecule has 1 amide bonds. The van der Waals surface area contributed by atoms with E-state index in [1.54, 1.807) is 0 Å². The van der Waals surface area contributed by atoms with Crippen LogP contribution in [0.5, 0.6) is 0 Å². The Labute approximate surface area is 164 Å². The van der Waals surface area contributed by atoms with Crippen molar-refractivity contribution in [1.29, 1.82) is 0 Å². The van der Waals surface area contributed by atoms with Gasteiger partial charge in [0.2, 0.25) is 0 Å². The Kier molecular flexibility index (Phi) is 5.23. The maximum atomic E-state index is 12.6. The normalized spacial score (nSPS) is 17.5. The molecule has 1 fully saturated rings. The van der Waals surface area contributed by atoms with E-state index in [9.17, 15) is 4.79 Å². The van der Waals surface area contributed by atoms with Crippen molar-refractivity contribution in [3.63, 3.8) is 0 Å². The number of carbonyl (C=O) groups is 1. The van der Waals surface area contributed by atoms with E-state index in [-0.39, 0.29) is 5.91 Å². The summed E-state index contributed by atoms with van der Waals surface area (Å²) in [5, 5.41) is 6.39. The topological polar surface area (TPSA) is 45.2 Å². The first kappa shape index (κ1) is 18.1. The van der Waals surface area contributed by atoms with Crippen LogP contribution in [0.4, 0.5) is 0 Å². The van der Waals surface area contributed by atoms with Gasteiger partial charge in [0, 0.05) is 18.2 Å². The Morgan fingerprint density at radius 3 is 2.85 bits per heavy atom. The smallest absolute Gasteiger partial charge is 0.263 e. The van der Waals surface area contributed by atoms with Crippen molar-refractivity contribution in [1.82, 2.24) is 15.2 Å². The first-order valence-electron chi connectivity index (χ1n) is 9.57. The molecule has 1 aliphatic rings. The van der Waals surface area contributed by atoms with E-state index in [0.717, 1.165) is 34.1 Å². The zero-order valence-electron chi connectivity index (χ0n) is 15.9. The molecule has 1 aliphatic heterocycles. The molecule has 2 aromatic carbocycles. The average molecular weight is 380 g/mol. The average Bonchev–Trinajstić information content (AvgIpc) is 3.27. The Bertz CT molecular complexity index is 965. The van der Waals surface area contributed by atoms with Crippen LogP contribution in [0.15, 0.2) is 42.5 Å². The van der Waals surface area contributed by atoms with Gasteiger partial charge < -0.3 is 10.2 Å². The summed E-state index contributed by atoms with van der Waals surface area (Å²) in [6.07, 6.45) is 3.51. The number of fused-ring (bicyclic) bond motifs is 1. The molecule has 0 radical (unpaired) electrons. The van der Waals surface area contributed by atoms with Gasteiger partial charge in [-0.1, -0.05) is 36.4 Å². The molecule has 5 heteroatoms. The lowest BCUT2D eigenvalue weighted by atomic mass is 10.1. The summed E-state index contributed by atoms with van der Waals surface area (Å²) in [5.74, 6) is -0.00214. The molecule has 27 heavy (non-hydrogen) atoms. The highest BCUT2D eigenvalue weighted by Crippen LogP contribution is 2.30. The Morgan fingerprint density at radius 1 is 1.26 bits per heavy atom. The molecule has 4 nitrogen and oxygen atoms in total. The molecule has 0 saturated carbocycles. The van der Waals surface area contributed by atoms with Crippen molar-refractivity contribution in [3.05, 3.63) is 53.0 Å². The number of rotatable bonds is 5. The molecule has 4 rings (SSSR count). The number of nitrogens with zero attached hydrogens (tertiary/aromatic N) is 2. The number of likely N-dealkylation sites (tertiary alicyclic amines) is 1. The molecule has 0 bridgehead atoms. The van der Waals surface area contributed by atoms with Gasteiger partial charge in [-0.05, 0) is 56.6 Å². The summed E-state index contributed by atoms with van der Waals surface area (Å²) >= 11 is 1.48. The molecule has 1 saturated heterocycles. The van der Waals surface area contributed by atoms with Crippen LogP contribution in [-0.4, -0.2) is 42.0 Å². The van der Waals surface area contributed by atoms with E-state index in [0.29, 0.717) is 6.04 Å². The number of carbonyl (C=O) groups excluding carboxylic acids is 1. The van der Waals surface area contributed by atoms with E-state index in [1.165, 1.54) is 41.5 Å². The second-order valence-corrected chi connectivity index (χ2v) is 8.32. The highest BCUT2D eigenvalue weighted by atomic mass is 32.1. The molecule has 2 heterocycles. The zero-order chi connectivity index (χ0) is 18.8. The standard InChI is InChI=1S/C22H25N3OS/c1-15-20(21(26)23-12-11-19-8-5-13-25(19)2)27-22(24-15)18-10-9-16-6-3-4-7-17(16)14-18/h3-4,6-7,9-10,14,19H,5,8,11-13H2,1-2H3,(H,23,26). The fourth-order valence-corrected chi connectivity index (χ4v) is 4.81. The third-order valence-electron chi connectivity index (χ3n) is 5.43. The van der Waals surface area contributed by atoms with Crippen molar-refractivity contribution < 1.29 is 4.79 Å². The lowest BCUT2D eigenvalue weighted by molar-refractivity contribution is 0.0953. The molecule has 0 aliphatic carbocycles. The van der Waals surface area contributed by atoms with Gasteiger partial charge in [0.25, 0.3) is 5.91 Å². The van der Waals surface area contributed by atoms with Gasteiger partial charge in [-0.25, -0.2) is 4.98 Å². The van der Waals surface area contributed by atoms with Gasteiger partial charge in [0.15, 0.2) is 0 Å². The van der Waals surface area contributed by atoms with Gasteiger partial charge in [-0.15, -0.1) is 11.3 Å². The summed E-state index contributed by atoms with van der Waals surface area (Å²) in [6, 6.07) is 15.2. The highest BCUT2D eigenvalue weighted by molar-refractivity contribution is 7.17. The Morgan fingerprint density at radius 2 is 2.07 bits per heavy atom. The molecule has 1 unspecified atom stereocenters. The third kappa shape index (κ3) is 3.89. The number of amides is 1. The molecule has 3 aromatic rings. The molecule has 1 N–H and O–H groups in total. The molecule has 140 valence electrons. The second kappa shape index (κ2) is 7.79. The van der Waals surface area contributed by atoms with E-state index in [1.807, 2.05) is 19.1 Å². The maximum absolute atomic E-state index is 12.6. The highest BCUT2D eigenvalue weighted by Gasteiger charge is 2.21. The lowest BCUT2D eigenvalue weighted by Crippen LogP contribution is -2.31.